The van der Waals surface area contributed by atoms with E-state index in [2.05, 4.69) is 11.4 Å². The first-order valence-corrected chi connectivity index (χ1v) is 5.11. The standard InChI is InChI=1S/C12H14N2/c13-9-10-5-4-8-12(10)14-11-6-2-1-3-7-11/h1-3,6-7,10,12,14H,4-5,8H2. The lowest BCUT2D eigenvalue weighted by molar-refractivity contribution is 0.630. The van der Waals surface area contributed by atoms with E-state index in [9.17, 15) is 0 Å². The highest BCUT2D eigenvalue weighted by atomic mass is 14.9. The third-order valence-corrected chi connectivity index (χ3v) is 2.81. The Balaban J connectivity index is 2.01. The van der Waals surface area contributed by atoms with Crippen LogP contribution in [0.3, 0.4) is 0 Å². The topological polar surface area (TPSA) is 35.8 Å². The maximum atomic E-state index is 8.92. The molecule has 0 aliphatic heterocycles. The minimum absolute atomic E-state index is 0.190. The number of benzene rings is 1. The van der Waals surface area contributed by atoms with Crippen LogP contribution in [0.4, 0.5) is 5.69 Å². The Labute approximate surface area is 84.6 Å². The predicted molar refractivity (Wildman–Crippen MR) is 56.8 cm³/mol. The molecular weight excluding hydrogens is 172 g/mol. The first-order valence-electron chi connectivity index (χ1n) is 5.11. The molecule has 0 spiro atoms. The Morgan fingerprint density at radius 1 is 1.21 bits per heavy atom. The van der Waals surface area contributed by atoms with Crippen LogP contribution in [-0.2, 0) is 0 Å². The fraction of sp³-hybridized carbons (Fsp3) is 0.417. The molecule has 1 aromatic carbocycles. The van der Waals surface area contributed by atoms with E-state index in [0.717, 1.165) is 18.5 Å². The summed E-state index contributed by atoms with van der Waals surface area (Å²) in [6.07, 6.45) is 3.33. The summed E-state index contributed by atoms with van der Waals surface area (Å²) in [6, 6.07) is 12.8. The molecule has 14 heavy (non-hydrogen) atoms. The summed E-state index contributed by atoms with van der Waals surface area (Å²) < 4.78 is 0. The maximum Gasteiger partial charge on any atom is 0.0677 e. The van der Waals surface area contributed by atoms with Gasteiger partial charge in [-0.3, -0.25) is 0 Å². The highest BCUT2D eigenvalue weighted by molar-refractivity contribution is 5.44. The Morgan fingerprint density at radius 3 is 2.71 bits per heavy atom. The van der Waals surface area contributed by atoms with E-state index in [1.807, 2.05) is 30.3 Å². The molecule has 1 N–H and O–H groups in total. The normalized spacial score (nSPS) is 25.6. The van der Waals surface area contributed by atoms with E-state index < -0.39 is 0 Å². The number of nitrogens with one attached hydrogen (secondary N) is 1. The van der Waals surface area contributed by atoms with Crippen LogP contribution >= 0.6 is 0 Å². The fourth-order valence-electron chi connectivity index (χ4n) is 2.04. The Kier molecular flexibility index (Phi) is 2.69. The number of nitrogens with zero attached hydrogens (tertiary/aromatic N) is 1. The second-order valence-corrected chi connectivity index (χ2v) is 3.78. The SMILES string of the molecule is N#CC1CCCC1Nc1ccccc1. The molecule has 2 rings (SSSR count). The molecule has 1 saturated carbocycles. The van der Waals surface area contributed by atoms with Gasteiger partial charge in [-0.1, -0.05) is 18.2 Å². The molecule has 2 unspecified atom stereocenters. The van der Waals surface area contributed by atoms with Crippen molar-refractivity contribution in [3.05, 3.63) is 30.3 Å². The Hall–Kier alpha value is -1.49. The lowest BCUT2D eigenvalue weighted by Crippen LogP contribution is -2.22. The molecule has 2 nitrogen and oxygen atoms in total. The zero-order valence-corrected chi connectivity index (χ0v) is 8.11. The minimum Gasteiger partial charge on any atom is -0.381 e. The van der Waals surface area contributed by atoms with Crippen LogP contribution in [-0.4, -0.2) is 6.04 Å². The average molecular weight is 186 g/mol. The van der Waals surface area contributed by atoms with Gasteiger partial charge in [0.2, 0.25) is 0 Å². The fourth-order valence-corrected chi connectivity index (χ4v) is 2.04. The summed E-state index contributed by atoms with van der Waals surface area (Å²) in [5, 5.41) is 12.3. The second kappa shape index (κ2) is 4.15. The van der Waals surface area contributed by atoms with Gasteiger partial charge in [0.05, 0.1) is 12.0 Å². The smallest absolute Gasteiger partial charge is 0.0677 e. The summed E-state index contributed by atoms with van der Waals surface area (Å²) in [4.78, 5) is 0. The first-order chi connectivity index (χ1) is 6.90. The van der Waals surface area contributed by atoms with Gasteiger partial charge in [-0.25, -0.2) is 0 Å². The summed E-state index contributed by atoms with van der Waals surface area (Å²) in [6.45, 7) is 0. The highest BCUT2D eigenvalue weighted by Gasteiger charge is 2.26. The zero-order valence-electron chi connectivity index (χ0n) is 8.11. The van der Waals surface area contributed by atoms with E-state index >= 15 is 0 Å². The van der Waals surface area contributed by atoms with Gasteiger partial charge in [-0.15, -0.1) is 0 Å². The maximum absolute atomic E-state index is 8.92. The number of para-hydroxylation sites is 1. The zero-order chi connectivity index (χ0) is 9.80. The molecule has 0 aromatic heterocycles. The summed E-state index contributed by atoms with van der Waals surface area (Å²) >= 11 is 0. The van der Waals surface area contributed by atoms with Gasteiger partial charge < -0.3 is 5.32 Å². The summed E-state index contributed by atoms with van der Waals surface area (Å²) in [5.74, 6) is 0.190. The van der Waals surface area contributed by atoms with Crippen molar-refractivity contribution in [2.75, 3.05) is 5.32 Å². The van der Waals surface area contributed by atoms with E-state index in [-0.39, 0.29) is 5.92 Å². The Bertz CT molecular complexity index is 326. The lowest BCUT2D eigenvalue weighted by atomic mass is 10.1. The van der Waals surface area contributed by atoms with Gasteiger partial charge in [0.25, 0.3) is 0 Å². The molecule has 0 radical (unpaired) electrons. The molecule has 2 heteroatoms. The van der Waals surface area contributed by atoms with Crippen LogP contribution in [0.1, 0.15) is 19.3 Å². The second-order valence-electron chi connectivity index (χ2n) is 3.78. The predicted octanol–water partition coefficient (Wildman–Crippen LogP) is 2.79. The van der Waals surface area contributed by atoms with Crippen molar-refractivity contribution in [3.63, 3.8) is 0 Å². The van der Waals surface area contributed by atoms with E-state index in [1.54, 1.807) is 0 Å². The summed E-state index contributed by atoms with van der Waals surface area (Å²) in [5.41, 5.74) is 1.12. The number of anilines is 1. The number of nitriles is 1. The van der Waals surface area contributed by atoms with E-state index in [0.29, 0.717) is 6.04 Å². The highest BCUT2D eigenvalue weighted by Crippen LogP contribution is 2.27. The number of hydrogen-bond acceptors (Lipinski definition) is 2. The van der Waals surface area contributed by atoms with E-state index in [1.165, 1.54) is 6.42 Å². The van der Waals surface area contributed by atoms with Gasteiger partial charge in [0.15, 0.2) is 0 Å². The average Bonchev–Trinajstić information content (AvgIpc) is 2.67. The van der Waals surface area contributed by atoms with Crippen molar-refractivity contribution in [1.82, 2.24) is 0 Å². The molecule has 1 aliphatic carbocycles. The van der Waals surface area contributed by atoms with Gasteiger partial charge in [-0.05, 0) is 31.4 Å². The van der Waals surface area contributed by atoms with Crippen molar-refractivity contribution in [2.24, 2.45) is 5.92 Å². The molecule has 72 valence electrons. The number of rotatable bonds is 2. The van der Waals surface area contributed by atoms with Crippen molar-refractivity contribution in [2.45, 2.75) is 25.3 Å². The molecule has 0 amide bonds. The van der Waals surface area contributed by atoms with Crippen LogP contribution in [0.2, 0.25) is 0 Å². The van der Waals surface area contributed by atoms with Crippen LogP contribution in [0.15, 0.2) is 30.3 Å². The van der Waals surface area contributed by atoms with Crippen LogP contribution in [0.5, 0.6) is 0 Å². The quantitative estimate of drug-likeness (QED) is 0.770. The van der Waals surface area contributed by atoms with Gasteiger partial charge >= 0.3 is 0 Å². The summed E-state index contributed by atoms with van der Waals surface area (Å²) in [7, 11) is 0. The molecule has 1 aliphatic rings. The Morgan fingerprint density at radius 2 is 2.00 bits per heavy atom. The van der Waals surface area contributed by atoms with Crippen molar-refractivity contribution < 1.29 is 0 Å². The lowest BCUT2D eigenvalue weighted by Gasteiger charge is -2.16. The molecule has 0 saturated heterocycles. The van der Waals surface area contributed by atoms with Crippen LogP contribution in [0.25, 0.3) is 0 Å². The van der Waals surface area contributed by atoms with Crippen LogP contribution in [0, 0.1) is 17.2 Å². The third-order valence-electron chi connectivity index (χ3n) is 2.81. The third kappa shape index (κ3) is 1.88. The molecule has 1 aromatic rings. The molecule has 0 bridgehead atoms. The molecular formula is C12H14N2. The number of hydrogen-bond donors (Lipinski definition) is 1. The largest absolute Gasteiger partial charge is 0.381 e. The van der Waals surface area contributed by atoms with Gasteiger partial charge in [0, 0.05) is 11.7 Å². The van der Waals surface area contributed by atoms with Crippen molar-refractivity contribution in [3.8, 4) is 6.07 Å². The molecule has 0 heterocycles. The van der Waals surface area contributed by atoms with Gasteiger partial charge in [0.1, 0.15) is 0 Å². The van der Waals surface area contributed by atoms with Crippen molar-refractivity contribution in [1.29, 1.82) is 5.26 Å². The van der Waals surface area contributed by atoms with Gasteiger partial charge in [-0.2, -0.15) is 5.26 Å². The van der Waals surface area contributed by atoms with Crippen molar-refractivity contribution >= 4 is 5.69 Å². The van der Waals surface area contributed by atoms with Crippen LogP contribution < -0.4 is 5.32 Å². The van der Waals surface area contributed by atoms with E-state index in [4.69, 9.17) is 5.26 Å². The molecule has 2 atom stereocenters. The first kappa shape index (κ1) is 9.08. The monoisotopic (exact) mass is 186 g/mol. The minimum atomic E-state index is 0.190. The molecule has 1 fully saturated rings.